The molecule has 1 unspecified atom stereocenters. The highest BCUT2D eigenvalue weighted by molar-refractivity contribution is 7.92. The maximum absolute atomic E-state index is 13.9. The molecular formula is C28H30FN3O6S. The van der Waals surface area contributed by atoms with Crippen molar-refractivity contribution < 1.29 is 31.9 Å². The molecule has 1 aliphatic rings. The van der Waals surface area contributed by atoms with E-state index in [9.17, 15) is 22.4 Å². The molecule has 0 aliphatic carbocycles. The van der Waals surface area contributed by atoms with Crippen LogP contribution in [-0.4, -0.2) is 58.0 Å². The molecule has 1 atom stereocenters. The van der Waals surface area contributed by atoms with Gasteiger partial charge in [0.25, 0.3) is 10.0 Å². The van der Waals surface area contributed by atoms with Gasteiger partial charge < -0.3 is 19.7 Å². The maximum atomic E-state index is 13.9. The Morgan fingerprint density at radius 3 is 2.26 bits per heavy atom. The number of ether oxygens (including phenoxy) is 2. The Hall–Kier alpha value is -4.12. The average Bonchev–Trinajstić information content (AvgIpc) is 2.94. The number of rotatable bonds is 9. The van der Waals surface area contributed by atoms with Gasteiger partial charge in [0, 0.05) is 19.7 Å². The minimum Gasteiger partial charge on any atom is -0.486 e. The van der Waals surface area contributed by atoms with Crippen LogP contribution in [0.4, 0.5) is 10.1 Å². The Labute approximate surface area is 227 Å². The topological polar surface area (TPSA) is 105 Å². The van der Waals surface area contributed by atoms with Gasteiger partial charge in [0.15, 0.2) is 11.5 Å². The summed E-state index contributed by atoms with van der Waals surface area (Å²) in [5.41, 5.74) is 1.89. The van der Waals surface area contributed by atoms with Gasteiger partial charge in [-0.2, -0.15) is 0 Å². The van der Waals surface area contributed by atoms with E-state index in [0.29, 0.717) is 12.4 Å². The second kappa shape index (κ2) is 11.7. The van der Waals surface area contributed by atoms with Gasteiger partial charge in [0.1, 0.15) is 31.6 Å². The molecule has 9 nitrogen and oxygen atoms in total. The van der Waals surface area contributed by atoms with Gasteiger partial charge in [0.05, 0.1) is 10.6 Å². The zero-order valence-electron chi connectivity index (χ0n) is 21.9. The Bertz CT molecular complexity index is 1450. The average molecular weight is 556 g/mol. The largest absolute Gasteiger partial charge is 0.486 e. The fourth-order valence-corrected chi connectivity index (χ4v) is 5.56. The molecule has 2 amide bonds. The second-order valence-electron chi connectivity index (χ2n) is 9.09. The lowest BCUT2D eigenvalue weighted by atomic mass is 10.1. The minimum atomic E-state index is -4.33. The van der Waals surface area contributed by atoms with Crippen molar-refractivity contribution in [2.75, 3.05) is 31.1 Å². The standard InChI is InChI=1S/C28H30FN3O6S/c1-19-4-6-21(7-5-19)17-31(20(2)28(34)30-3)27(33)18-32(23-10-8-22(29)9-11-23)39(35,36)24-12-13-25-26(16-24)38-15-14-37-25/h4-13,16,20H,14-15,17-18H2,1-3H3,(H,30,34). The van der Waals surface area contributed by atoms with E-state index in [0.717, 1.165) is 27.6 Å². The molecule has 3 aromatic carbocycles. The van der Waals surface area contributed by atoms with Crippen LogP contribution < -0.4 is 19.1 Å². The third-order valence-corrected chi connectivity index (χ3v) is 8.15. The SMILES string of the molecule is CNC(=O)C(C)N(Cc1ccc(C)cc1)C(=O)CN(c1ccc(F)cc1)S(=O)(=O)c1ccc2c(c1)OCCO2. The molecule has 11 heteroatoms. The van der Waals surface area contributed by atoms with Gasteiger partial charge in [0.2, 0.25) is 11.8 Å². The molecule has 0 saturated heterocycles. The molecule has 1 heterocycles. The Kier molecular flexibility index (Phi) is 8.39. The van der Waals surface area contributed by atoms with Crippen LogP contribution in [0.1, 0.15) is 18.1 Å². The summed E-state index contributed by atoms with van der Waals surface area (Å²) in [6.45, 7) is 3.56. The Morgan fingerprint density at radius 2 is 1.62 bits per heavy atom. The number of benzene rings is 3. The monoisotopic (exact) mass is 555 g/mol. The lowest BCUT2D eigenvalue weighted by Gasteiger charge is -2.32. The minimum absolute atomic E-state index is 0.0784. The summed E-state index contributed by atoms with van der Waals surface area (Å²) in [5, 5.41) is 2.54. The van der Waals surface area contributed by atoms with E-state index in [1.807, 2.05) is 31.2 Å². The first-order chi connectivity index (χ1) is 18.6. The number of sulfonamides is 1. The highest BCUT2D eigenvalue weighted by atomic mass is 32.2. The Balaban J connectivity index is 1.72. The summed E-state index contributed by atoms with van der Waals surface area (Å²) in [4.78, 5) is 27.5. The van der Waals surface area contributed by atoms with Gasteiger partial charge in [-0.1, -0.05) is 29.8 Å². The van der Waals surface area contributed by atoms with E-state index >= 15 is 0 Å². The van der Waals surface area contributed by atoms with E-state index in [1.54, 1.807) is 6.92 Å². The van der Waals surface area contributed by atoms with Crippen LogP contribution in [0.5, 0.6) is 11.5 Å². The van der Waals surface area contributed by atoms with Gasteiger partial charge in [-0.25, -0.2) is 12.8 Å². The number of nitrogens with zero attached hydrogens (tertiary/aromatic N) is 2. The molecule has 0 saturated carbocycles. The number of anilines is 1. The molecule has 0 bridgehead atoms. The molecule has 0 aromatic heterocycles. The van der Waals surface area contributed by atoms with E-state index in [-0.39, 0.29) is 29.5 Å². The summed E-state index contributed by atoms with van der Waals surface area (Å²) < 4.78 is 53.5. The quantitative estimate of drug-likeness (QED) is 0.435. The van der Waals surface area contributed by atoms with Gasteiger partial charge in [-0.05, 0) is 55.8 Å². The Morgan fingerprint density at radius 1 is 0.974 bits per heavy atom. The fourth-order valence-electron chi connectivity index (χ4n) is 4.13. The van der Waals surface area contributed by atoms with Gasteiger partial charge in [-0.15, -0.1) is 0 Å². The van der Waals surface area contributed by atoms with Crippen molar-refractivity contribution in [2.24, 2.45) is 0 Å². The molecule has 39 heavy (non-hydrogen) atoms. The second-order valence-corrected chi connectivity index (χ2v) is 11.0. The van der Waals surface area contributed by atoms with Crippen LogP contribution in [0, 0.1) is 12.7 Å². The molecular weight excluding hydrogens is 525 g/mol. The van der Waals surface area contributed by atoms with Crippen molar-refractivity contribution in [3.05, 3.63) is 83.7 Å². The molecule has 3 aromatic rings. The first-order valence-corrected chi connectivity index (χ1v) is 13.8. The van der Waals surface area contributed by atoms with E-state index in [2.05, 4.69) is 5.32 Å². The first-order valence-electron chi connectivity index (χ1n) is 12.3. The zero-order chi connectivity index (χ0) is 28.2. The summed E-state index contributed by atoms with van der Waals surface area (Å²) in [5.74, 6) is -0.901. The number of carbonyl (C=O) groups excluding carboxylic acids is 2. The number of halogens is 1. The zero-order valence-corrected chi connectivity index (χ0v) is 22.7. The molecule has 0 radical (unpaired) electrons. The molecule has 206 valence electrons. The van der Waals surface area contributed by atoms with Crippen LogP contribution >= 0.6 is 0 Å². The first kappa shape index (κ1) is 27.9. The number of aryl methyl sites for hydroxylation is 1. The van der Waals surface area contributed by atoms with E-state index in [1.165, 1.54) is 42.3 Å². The van der Waals surface area contributed by atoms with E-state index in [4.69, 9.17) is 9.47 Å². The number of amides is 2. The maximum Gasteiger partial charge on any atom is 0.264 e. The molecule has 1 N–H and O–H groups in total. The van der Waals surface area contributed by atoms with Crippen molar-refractivity contribution in [2.45, 2.75) is 31.3 Å². The van der Waals surface area contributed by atoms with Gasteiger partial charge in [-0.3, -0.25) is 13.9 Å². The van der Waals surface area contributed by atoms with Crippen molar-refractivity contribution in [1.82, 2.24) is 10.2 Å². The summed E-state index contributed by atoms with van der Waals surface area (Å²) in [6.07, 6.45) is 0. The smallest absolute Gasteiger partial charge is 0.264 e. The van der Waals surface area contributed by atoms with Crippen LogP contribution in [-0.2, 0) is 26.2 Å². The summed E-state index contributed by atoms with van der Waals surface area (Å²) >= 11 is 0. The molecule has 4 rings (SSSR count). The molecule has 0 spiro atoms. The predicted octanol–water partition coefficient (Wildman–Crippen LogP) is 3.26. The van der Waals surface area contributed by atoms with Gasteiger partial charge >= 0.3 is 0 Å². The highest BCUT2D eigenvalue weighted by Crippen LogP contribution is 2.34. The van der Waals surface area contributed by atoms with Crippen molar-refractivity contribution in [3.8, 4) is 11.5 Å². The number of nitrogens with one attached hydrogen (secondary N) is 1. The summed E-state index contributed by atoms with van der Waals surface area (Å²) in [6, 6.07) is 15.6. The van der Waals surface area contributed by atoms with Crippen LogP contribution in [0.25, 0.3) is 0 Å². The highest BCUT2D eigenvalue weighted by Gasteiger charge is 2.33. The third-order valence-electron chi connectivity index (χ3n) is 6.38. The number of hydrogen-bond donors (Lipinski definition) is 1. The fraction of sp³-hybridized carbons (Fsp3) is 0.286. The predicted molar refractivity (Wildman–Crippen MR) is 144 cm³/mol. The lowest BCUT2D eigenvalue weighted by Crippen LogP contribution is -2.50. The summed E-state index contributed by atoms with van der Waals surface area (Å²) in [7, 11) is -2.87. The van der Waals surface area contributed by atoms with Crippen molar-refractivity contribution >= 4 is 27.5 Å². The lowest BCUT2D eigenvalue weighted by molar-refractivity contribution is -0.139. The normalized spacial score (nSPS) is 13.3. The number of likely N-dealkylation sites (N-methyl/N-ethyl adjacent to an activating group) is 1. The van der Waals surface area contributed by atoms with Crippen molar-refractivity contribution in [3.63, 3.8) is 0 Å². The van der Waals surface area contributed by atoms with Crippen LogP contribution in [0.2, 0.25) is 0 Å². The van der Waals surface area contributed by atoms with Crippen molar-refractivity contribution in [1.29, 1.82) is 0 Å². The number of fused-ring (bicyclic) bond motifs is 1. The molecule has 0 fully saturated rings. The number of hydrogen-bond acceptors (Lipinski definition) is 6. The van der Waals surface area contributed by atoms with E-state index < -0.39 is 40.2 Å². The van der Waals surface area contributed by atoms with Crippen LogP contribution in [0.3, 0.4) is 0 Å². The molecule has 1 aliphatic heterocycles. The number of carbonyl (C=O) groups is 2. The third kappa shape index (κ3) is 6.31. The van der Waals surface area contributed by atoms with Crippen LogP contribution in [0.15, 0.2) is 71.6 Å².